The van der Waals surface area contributed by atoms with Gasteiger partial charge in [0, 0.05) is 0 Å². The van der Waals surface area contributed by atoms with Crippen LogP contribution in [0.2, 0.25) is 0 Å². The van der Waals surface area contributed by atoms with Crippen molar-refractivity contribution < 1.29 is 0 Å². The van der Waals surface area contributed by atoms with Crippen LogP contribution in [0.4, 0.5) is 0 Å². The number of allylic oxidation sites excluding steroid dienone is 2. The van der Waals surface area contributed by atoms with Gasteiger partial charge in [0.2, 0.25) is 0 Å². The topological polar surface area (TPSA) is 12.0 Å². The Morgan fingerprint density at radius 1 is 1.10 bits per heavy atom. The summed E-state index contributed by atoms with van der Waals surface area (Å²) in [6, 6.07) is 0. The molecule has 0 aromatic heterocycles. The highest BCUT2D eigenvalue weighted by molar-refractivity contribution is 4.96. The van der Waals surface area contributed by atoms with E-state index in [1.54, 1.807) is 0 Å². The van der Waals surface area contributed by atoms with E-state index in [0.29, 0.717) is 0 Å². The Balaban J connectivity index is 2.01. The monoisotopic (exact) mass is 137 g/mol. The van der Waals surface area contributed by atoms with Gasteiger partial charge in [0.15, 0.2) is 0 Å². The van der Waals surface area contributed by atoms with Crippen molar-refractivity contribution >= 4 is 0 Å². The van der Waals surface area contributed by atoms with Crippen LogP contribution < -0.4 is 5.32 Å². The molecule has 2 atom stereocenters. The van der Waals surface area contributed by atoms with Crippen molar-refractivity contribution in [1.29, 1.82) is 0 Å². The largest absolute Gasteiger partial charge is 0.316 e. The number of nitrogens with one attached hydrogen (secondary N) is 1. The Bertz CT molecular complexity index is 124. The molecule has 1 saturated heterocycles. The minimum atomic E-state index is 0.957. The molecule has 2 rings (SSSR count). The van der Waals surface area contributed by atoms with Gasteiger partial charge in [-0.2, -0.15) is 0 Å². The summed E-state index contributed by atoms with van der Waals surface area (Å²) in [6.45, 7) is 2.50. The predicted molar refractivity (Wildman–Crippen MR) is 42.8 cm³/mol. The van der Waals surface area contributed by atoms with Gasteiger partial charge in [-0.3, -0.25) is 0 Å². The highest BCUT2D eigenvalue weighted by atomic mass is 14.9. The van der Waals surface area contributed by atoms with Crippen LogP contribution in [-0.2, 0) is 0 Å². The predicted octanol–water partition coefficient (Wildman–Crippen LogP) is 1.56. The minimum Gasteiger partial charge on any atom is -0.316 e. The maximum Gasteiger partial charge on any atom is -0.00148 e. The lowest BCUT2D eigenvalue weighted by atomic mass is 9.79. The SMILES string of the molecule is C1=CC[C@@H]2CNCC[C@H]2C1. The summed E-state index contributed by atoms with van der Waals surface area (Å²) in [5, 5.41) is 3.45. The molecule has 2 aliphatic rings. The van der Waals surface area contributed by atoms with Gasteiger partial charge in [-0.25, -0.2) is 0 Å². The van der Waals surface area contributed by atoms with Gasteiger partial charge in [0.25, 0.3) is 0 Å². The molecular weight excluding hydrogens is 122 g/mol. The van der Waals surface area contributed by atoms with Gasteiger partial charge in [0.1, 0.15) is 0 Å². The molecular formula is C9H15N. The molecule has 0 aromatic carbocycles. The molecule has 0 aromatic rings. The van der Waals surface area contributed by atoms with Gasteiger partial charge < -0.3 is 5.32 Å². The van der Waals surface area contributed by atoms with Crippen LogP contribution in [0.25, 0.3) is 0 Å². The fourth-order valence-corrected chi connectivity index (χ4v) is 2.11. The van der Waals surface area contributed by atoms with E-state index >= 15 is 0 Å². The Hall–Kier alpha value is -0.300. The fourth-order valence-electron chi connectivity index (χ4n) is 2.11. The van der Waals surface area contributed by atoms with E-state index < -0.39 is 0 Å². The first-order valence-electron chi connectivity index (χ1n) is 4.32. The van der Waals surface area contributed by atoms with Crippen molar-refractivity contribution in [1.82, 2.24) is 5.32 Å². The highest BCUT2D eigenvalue weighted by Crippen LogP contribution is 2.29. The lowest BCUT2D eigenvalue weighted by Gasteiger charge is -2.33. The second-order valence-corrected chi connectivity index (χ2v) is 3.46. The normalized spacial score (nSPS) is 39.2. The molecule has 0 saturated carbocycles. The molecule has 1 nitrogen and oxygen atoms in total. The summed E-state index contributed by atoms with van der Waals surface area (Å²) in [4.78, 5) is 0. The molecule has 56 valence electrons. The summed E-state index contributed by atoms with van der Waals surface area (Å²) in [5.41, 5.74) is 0. The summed E-state index contributed by atoms with van der Waals surface area (Å²) < 4.78 is 0. The zero-order valence-electron chi connectivity index (χ0n) is 6.34. The second-order valence-electron chi connectivity index (χ2n) is 3.46. The lowest BCUT2D eigenvalue weighted by Crippen LogP contribution is -2.37. The summed E-state index contributed by atoms with van der Waals surface area (Å²) in [6.07, 6.45) is 8.75. The van der Waals surface area contributed by atoms with Crippen LogP contribution in [0.15, 0.2) is 12.2 Å². The first-order valence-corrected chi connectivity index (χ1v) is 4.32. The Morgan fingerprint density at radius 3 is 2.70 bits per heavy atom. The van der Waals surface area contributed by atoms with Gasteiger partial charge in [-0.1, -0.05) is 12.2 Å². The number of hydrogen-bond donors (Lipinski definition) is 1. The van der Waals surface area contributed by atoms with E-state index in [1.807, 2.05) is 0 Å². The van der Waals surface area contributed by atoms with Crippen molar-refractivity contribution in [2.75, 3.05) is 13.1 Å². The second kappa shape index (κ2) is 2.75. The van der Waals surface area contributed by atoms with E-state index in [9.17, 15) is 0 Å². The molecule has 0 radical (unpaired) electrons. The molecule has 1 heterocycles. The quantitative estimate of drug-likeness (QED) is 0.500. The van der Waals surface area contributed by atoms with Crippen LogP contribution in [0.3, 0.4) is 0 Å². The molecule has 0 spiro atoms. The molecule has 0 bridgehead atoms. The standard InChI is InChI=1S/C9H15N/c1-2-4-9-7-10-6-5-8(9)3-1/h1-2,8-10H,3-7H2/t8-,9-/m1/s1. The van der Waals surface area contributed by atoms with Crippen LogP contribution in [-0.4, -0.2) is 13.1 Å². The van der Waals surface area contributed by atoms with E-state index in [0.717, 1.165) is 11.8 Å². The number of piperidine rings is 1. The fraction of sp³-hybridized carbons (Fsp3) is 0.778. The third-order valence-corrected chi connectivity index (χ3v) is 2.81. The Morgan fingerprint density at radius 2 is 1.90 bits per heavy atom. The van der Waals surface area contributed by atoms with Crippen molar-refractivity contribution in [3.05, 3.63) is 12.2 Å². The molecule has 1 aliphatic carbocycles. The maximum atomic E-state index is 3.45. The van der Waals surface area contributed by atoms with Gasteiger partial charge >= 0.3 is 0 Å². The number of rotatable bonds is 0. The third-order valence-electron chi connectivity index (χ3n) is 2.81. The van der Waals surface area contributed by atoms with Crippen LogP contribution in [0.1, 0.15) is 19.3 Å². The maximum absolute atomic E-state index is 3.45. The average Bonchev–Trinajstić information content (AvgIpc) is 2.05. The summed E-state index contributed by atoms with van der Waals surface area (Å²) >= 11 is 0. The van der Waals surface area contributed by atoms with Gasteiger partial charge in [-0.05, 0) is 44.2 Å². The van der Waals surface area contributed by atoms with Crippen molar-refractivity contribution in [3.63, 3.8) is 0 Å². The smallest absolute Gasteiger partial charge is 0.00148 e. The minimum absolute atomic E-state index is 0.957. The van der Waals surface area contributed by atoms with Crippen molar-refractivity contribution in [2.24, 2.45) is 11.8 Å². The summed E-state index contributed by atoms with van der Waals surface area (Å²) in [7, 11) is 0. The van der Waals surface area contributed by atoms with Crippen LogP contribution in [0, 0.1) is 11.8 Å². The van der Waals surface area contributed by atoms with E-state index in [1.165, 1.54) is 32.4 Å². The first-order chi connectivity index (χ1) is 4.97. The zero-order valence-corrected chi connectivity index (χ0v) is 6.34. The highest BCUT2D eigenvalue weighted by Gasteiger charge is 2.24. The Kier molecular flexibility index (Phi) is 1.76. The molecule has 1 aliphatic heterocycles. The van der Waals surface area contributed by atoms with E-state index in [-0.39, 0.29) is 0 Å². The number of hydrogen-bond acceptors (Lipinski definition) is 1. The van der Waals surface area contributed by atoms with E-state index in [2.05, 4.69) is 17.5 Å². The lowest BCUT2D eigenvalue weighted by molar-refractivity contribution is 0.248. The van der Waals surface area contributed by atoms with Crippen LogP contribution >= 0.6 is 0 Å². The Labute approximate surface area is 62.5 Å². The first kappa shape index (κ1) is 6.41. The van der Waals surface area contributed by atoms with Gasteiger partial charge in [0.05, 0.1) is 0 Å². The number of fused-ring (bicyclic) bond motifs is 1. The molecule has 10 heavy (non-hydrogen) atoms. The molecule has 1 heteroatoms. The van der Waals surface area contributed by atoms with Gasteiger partial charge in [-0.15, -0.1) is 0 Å². The van der Waals surface area contributed by atoms with E-state index in [4.69, 9.17) is 0 Å². The molecule has 0 amide bonds. The van der Waals surface area contributed by atoms with Crippen molar-refractivity contribution in [2.45, 2.75) is 19.3 Å². The third kappa shape index (κ3) is 1.10. The average molecular weight is 137 g/mol. The van der Waals surface area contributed by atoms with Crippen LogP contribution in [0.5, 0.6) is 0 Å². The van der Waals surface area contributed by atoms with Crippen molar-refractivity contribution in [3.8, 4) is 0 Å². The molecule has 0 unspecified atom stereocenters. The zero-order chi connectivity index (χ0) is 6.81. The summed E-state index contributed by atoms with van der Waals surface area (Å²) in [5.74, 6) is 1.96. The molecule has 1 fully saturated rings. The molecule has 1 N–H and O–H groups in total.